The van der Waals surface area contributed by atoms with E-state index in [1.807, 2.05) is 0 Å². The summed E-state index contributed by atoms with van der Waals surface area (Å²) in [7, 11) is 0. The lowest BCUT2D eigenvalue weighted by Gasteiger charge is -2.34. The quantitative estimate of drug-likeness (QED) is 0.189. The largest absolute Gasteiger partial charge is 0.0713 e. The smallest absolute Gasteiger partial charge is 0.0622 e. The Bertz CT molecular complexity index is 1980. The van der Waals surface area contributed by atoms with E-state index in [1.165, 1.54) is 65.7 Å². The molecule has 7 aromatic carbocycles. The molecule has 0 atom stereocenters. The molecule has 1 aliphatic carbocycles. The summed E-state index contributed by atoms with van der Waals surface area (Å²) in [5.74, 6) is 0. The third-order valence-corrected chi connectivity index (χ3v) is 8.87. The maximum atomic E-state index is 3.73. The van der Waals surface area contributed by atoms with Gasteiger partial charge in [-0.05, 0) is 90.0 Å². The summed E-state index contributed by atoms with van der Waals surface area (Å²) in [5, 5.41) is 7.76. The Balaban J connectivity index is 1.62. The summed E-state index contributed by atoms with van der Waals surface area (Å²) in [4.78, 5) is 0. The number of benzene rings is 7. The zero-order chi connectivity index (χ0) is 25.3. The average molecular weight is 547 g/mol. The van der Waals surface area contributed by atoms with Gasteiger partial charge in [-0.3, -0.25) is 0 Å². The molecule has 0 bridgehead atoms. The lowest BCUT2D eigenvalue weighted by atomic mass is 9.67. The van der Waals surface area contributed by atoms with Gasteiger partial charge in [0.05, 0.1) is 5.41 Å². The summed E-state index contributed by atoms with van der Waals surface area (Å²) in [6.07, 6.45) is 0. The first-order chi connectivity index (χ1) is 18.8. The lowest BCUT2D eigenvalue weighted by Crippen LogP contribution is -2.28. The summed E-state index contributed by atoms with van der Waals surface area (Å²) in [5.41, 5.74) is 7.53. The Morgan fingerprint density at radius 3 is 1.58 bits per heavy atom. The summed E-state index contributed by atoms with van der Waals surface area (Å²) < 4.78 is 1.10. The van der Waals surface area contributed by atoms with E-state index in [-0.39, 0.29) is 0 Å². The Kier molecular flexibility index (Phi) is 4.68. The van der Waals surface area contributed by atoms with Crippen molar-refractivity contribution in [3.05, 3.63) is 166 Å². The van der Waals surface area contributed by atoms with Crippen LogP contribution >= 0.6 is 15.9 Å². The van der Waals surface area contributed by atoms with E-state index in [4.69, 9.17) is 0 Å². The molecule has 1 heteroatoms. The molecule has 0 saturated heterocycles. The minimum Gasteiger partial charge on any atom is -0.0622 e. The van der Waals surface area contributed by atoms with E-state index < -0.39 is 5.41 Å². The lowest BCUT2D eigenvalue weighted by molar-refractivity contribution is 0.769. The second-order valence-electron chi connectivity index (χ2n) is 10.2. The van der Waals surface area contributed by atoms with Crippen LogP contribution in [0.2, 0.25) is 0 Å². The van der Waals surface area contributed by atoms with E-state index in [9.17, 15) is 0 Å². The molecule has 0 aliphatic heterocycles. The van der Waals surface area contributed by atoms with Crippen molar-refractivity contribution in [3.8, 4) is 11.1 Å². The molecule has 0 heterocycles. The number of hydrogen-bond acceptors (Lipinski definition) is 0. The van der Waals surface area contributed by atoms with Gasteiger partial charge in [0.2, 0.25) is 0 Å². The van der Waals surface area contributed by atoms with Crippen molar-refractivity contribution in [2.75, 3.05) is 0 Å². The monoisotopic (exact) mass is 546 g/mol. The topological polar surface area (TPSA) is 0 Å². The number of halogens is 1. The predicted molar refractivity (Wildman–Crippen MR) is 164 cm³/mol. The van der Waals surface area contributed by atoms with Gasteiger partial charge in [-0.1, -0.05) is 131 Å². The standard InChI is InChI=1S/C37H23Br/c38-26-19-20-29-31(21-26)27-15-7-8-16-28(27)32-22-34-30-17-9-10-18-35(30)37(36(34)23-33(29)32,24-11-3-1-4-12-24)25-13-5-2-6-14-25/h1-23H. The summed E-state index contributed by atoms with van der Waals surface area (Å²) in [6.45, 7) is 0. The fraction of sp³-hybridized carbons (Fsp3) is 0.0270. The van der Waals surface area contributed by atoms with E-state index in [0.29, 0.717) is 0 Å². The maximum Gasteiger partial charge on any atom is 0.0713 e. The van der Waals surface area contributed by atoms with Crippen LogP contribution in [0.3, 0.4) is 0 Å². The highest BCUT2D eigenvalue weighted by atomic mass is 79.9. The first kappa shape index (κ1) is 21.8. The van der Waals surface area contributed by atoms with Crippen LogP contribution in [0.4, 0.5) is 0 Å². The molecule has 0 aromatic heterocycles. The van der Waals surface area contributed by atoms with Crippen molar-refractivity contribution in [1.29, 1.82) is 0 Å². The highest BCUT2D eigenvalue weighted by molar-refractivity contribution is 9.10. The molecule has 7 aromatic rings. The van der Waals surface area contributed by atoms with Crippen LogP contribution in [0, 0.1) is 0 Å². The van der Waals surface area contributed by atoms with Crippen molar-refractivity contribution in [3.63, 3.8) is 0 Å². The van der Waals surface area contributed by atoms with Crippen molar-refractivity contribution in [2.24, 2.45) is 0 Å². The molecule has 0 saturated carbocycles. The third kappa shape index (κ3) is 2.85. The molecule has 38 heavy (non-hydrogen) atoms. The molecule has 0 radical (unpaired) electrons. The molecular weight excluding hydrogens is 524 g/mol. The van der Waals surface area contributed by atoms with Crippen molar-refractivity contribution < 1.29 is 0 Å². The van der Waals surface area contributed by atoms with Gasteiger partial charge >= 0.3 is 0 Å². The zero-order valence-corrected chi connectivity index (χ0v) is 22.2. The van der Waals surface area contributed by atoms with E-state index in [2.05, 4.69) is 155 Å². The fourth-order valence-corrected chi connectivity index (χ4v) is 7.22. The maximum absolute atomic E-state index is 3.73. The Morgan fingerprint density at radius 2 is 0.895 bits per heavy atom. The second kappa shape index (κ2) is 8.15. The van der Waals surface area contributed by atoms with E-state index >= 15 is 0 Å². The molecule has 0 fully saturated rings. The molecule has 0 nitrogen and oxygen atoms in total. The second-order valence-corrected chi connectivity index (χ2v) is 11.1. The number of fused-ring (bicyclic) bond motifs is 9. The van der Waals surface area contributed by atoms with Crippen molar-refractivity contribution in [1.82, 2.24) is 0 Å². The van der Waals surface area contributed by atoms with Crippen LogP contribution in [-0.4, -0.2) is 0 Å². The van der Waals surface area contributed by atoms with Crippen molar-refractivity contribution >= 4 is 48.2 Å². The molecule has 0 N–H and O–H groups in total. The van der Waals surface area contributed by atoms with Crippen LogP contribution < -0.4 is 0 Å². The molecule has 178 valence electrons. The van der Waals surface area contributed by atoms with Gasteiger partial charge in [0.1, 0.15) is 0 Å². The van der Waals surface area contributed by atoms with Gasteiger partial charge in [0, 0.05) is 4.47 Å². The van der Waals surface area contributed by atoms with Gasteiger partial charge in [-0.15, -0.1) is 0 Å². The summed E-state index contributed by atoms with van der Waals surface area (Å²) >= 11 is 3.73. The molecule has 0 spiro atoms. The van der Waals surface area contributed by atoms with Crippen LogP contribution in [0.25, 0.3) is 43.4 Å². The van der Waals surface area contributed by atoms with E-state index in [0.717, 1.165) is 4.47 Å². The number of hydrogen-bond donors (Lipinski definition) is 0. The molecule has 0 unspecified atom stereocenters. The number of rotatable bonds is 2. The minimum atomic E-state index is -0.393. The molecular formula is C37H23Br. The van der Waals surface area contributed by atoms with Crippen LogP contribution in [0.1, 0.15) is 22.3 Å². The summed E-state index contributed by atoms with van der Waals surface area (Å²) in [6, 6.07) is 51.5. The molecule has 8 rings (SSSR count). The Hall–Kier alpha value is -4.20. The highest BCUT2D eigenvalue weighted by Gasteiger charge is 2.46. The Labute approximate surface area is 230 Å². The van der Waals surface area contributed by atoms with E-state index in [1.54, 1.807) is 0 Å². The van der Waals surface area contributed by atoms with Gasteiger partial charge in [-0.2, -0.15) is 0 Å². The average Bonchev–Trinajstić information content (AvgIpc) is 3.27. The van der Waals surface area contributed by atoms with Gasteiger partial charge in [0.25, 0.3) is 0 Å². The SMILES string of the molecule is Brc1ccc2c(c1)c1ccccc1c1cc3c(cc21)C(c1ccccc1)(c1ccccc1)c1ccccc1-3. The first-order valence-electron chi connectivity index (χ1n) is 13.1. The van der Waals surface area contributed by atoms with Gasteiger partial charge in [0.15, 0.2) is 0 Å². The van der Waals surface area contributed by atoms with Crippen LogP contribution in [0.15, 0.2) is 144 Å². The van der Waals surface area contributed by atoms with Crippen molar-refractivity contribution in [2.45, 2.75) is 5.41 Å². The Morgan fingerprint density at radius 1 is 0.368 bits per heavy atom. The fourth-order valence-electron chi connectivity index (χ4n) is 6.86. The zero-order valence-electron chi connectivity index (χ0n) is 20.7. The normalized spacial score (nSPS) is 13.6. The molecule has 1 aliphatic rings. The first-order valence-corrected chi connectivity index (χ1v) is 13.9. The van der Waals surface area contributed by atoms with Gasteiger partial charge < -0.3 is 0 Å². The van der Waals surface area contributed by atoms with Crippen LogP contribution in [0.5, 0.6) is 0 Å². The minimum absolute atomic E-state index is 0.393. The van der Waals surface area contributed by atoms with Crippen LogP contribution in [-0.2, 0) is 5.41 Å². The third-order valence-electron chi connectivity index (χ3n) is 8.38. The predicted octanol–water partition coefficient (Wildman–Crippen LogP) is 10.3. The molecule has 0 amide bonds. The highest BCUT2D eigenvalue weighted by Crippen LogP contribution is 2.57. The van der Waals surface area contributed by atoms with Gasteiger partial charge in [-0.25, -0.2) is 0 Å².